The number of aryl methyl sites for hydroxylation is 1. The molecule has 2 aliphatic carbocycles. The first kappa shape index (κ1) is 30.0. The van der Waals surface area contributed by atoms with Crippen LogP contribution in [0.5, 0.6) is 0 Å². The van der Waals surface area contributed by atoms with Gasteiger partial charge in [0, 0.05) is 4.88 Å². The summed E-state index contributed by atoms with van der Waals surface area (Å²) in [6.07, 6.45) is 4.80. The van der Waals surface area contributed by atoms with Crippen LogP contribution in [-0.4, -0.2) is 43.5 Å². The second-order valence-electron chi connectivity index (χ2n) is 8.82. The number of thiophene rings is 1. The Kier molecular flexibility index (Phi) is 11.8. The quantitative estimate of drug-likeness (QED) is 0.176. The number of nitrogen functional groups attached to an aromatic ring is 1. The van der Waals surface area contributed by atoms with Gasteiger partial charge in [-0.05, 0) is 78.2 Å². The minimum absolute atomic E-state index is 0.0190. The molecule has 0 amide bonds. The molecule has 0 spiro atoms. The number of fused-ring (bicyclic) bond motifs is 1. The molecule has 9 nitrogen and oxygen atoms in total. The Morgan fingerprint density at radius 1 is 0.946 bits per heavy atom. The number of nitrogens with zero attached hydrogens (tertiary/aromatic N) is 1. The van der Waals surface area contributed by atoms with Crippen molar-refractivity contribution in [2.75, 3.05) is 25.6 Å². The molecule has 1 saturated carbocycles. The molecule has 202 valence electrons. The second kappa shape index (κ2) is 14.5. The Morgan fingerprint density at radius 2 is 1.54 bits per heavy atom. The molecule has 2 atom stereocenters. The van der Waals surface area contributed by atoms with E-state index in [1.165, 1.54) is 18.3 Å². The van der Waals surface area contributed by atoms with E-state index in [1.807, 2.05) is 0 Å². The van der Waals surface area contributed by atoms with Crippen LogP contribution in [0.1, 0.15) is 80.6 Å². The standard InChI is InChI=1S/C14H19NO4.C13H17NO3S/c1-4-18-13(16)11-8-6-7-10(9-11)12(15-3)14(17)19-5-2;1-3-17-13(16)8-4-5-10-9(6-8)11(7(2)15)12(14)18-10/h11H,4-9H2,1-2H3;8H,3-6,14H2,1-2H3/b12-10+;. The van der Waals surface area contributed by atoms with Crippen molar-refractivity contribution in [2.24, 2.45) is 11.8 Å². The average Bonchev–Trinajstić information content (AvgIpc) is 3.20. The highest BCUT2D eigenvalue weighted by atomic mass is 32.1. The van der Waals surface area contributed by atoms with E-state index >= 15 is 0 Å². The van der Waals surface area contributed by atoms with E-state index < -0.39 is 5.97 Å². The normalized spacial score (nSPS) is 19.8. The number of hydrogen-bond donors (Lipinski definition) is 1. The van der Waals surface area contributed by atoms with Crippen LogP contribution in [0.3, 0.4) is 0 Å². The van der Waals surface area contributed by atoms with E-state index in [9.17, 15) is 19.2 Å². The summed E-state index contributed by atoms with van der Waals surface area (Å²) in [5.41, 5.74) is 8.22. The molecule has 0 saturated heterocycles. The number of ketones is 1. The Morgan fingerprint density at radius 3 is 2.08 bits per heavy atom. The highest BCUT2D eigenvalue weighted by molar-refractivity contribution is 7.16. The van der Waals surface area contributed by atoms with Gasteiger partial charge in [0.15, 0.2) is 5.78 Å². The highest BCUT2D eigenvalue weighted by Crippen LogP contribution is 2.38. The average molecular weight is 533 g/mol. The molecular weight excluding hydrogens is 496 g/mol. The van der Waals surface area contributed by atoms with Gasteiger partial charge in [-0.2, -0.15) is 0 Å². The molecule has 10 heteroatoms. The Hall–Kier alpha value is -3.19. The third-order valence-corrected chi connectivity index (χ3v) is 7.44. The third-order valence-electron chi connectivity index (χ3n) is 6.32. The fourth-order valence-corrected chi connectivity index (χ4v) is 5.82. The summed E-state index contributed by atoms with van der Waals surface area (Å²) in [4.78, 5) is 51.2. The zero-order chi connectivity index (χ0) is 27.5. The van der Waals surface area contributed by atoms with Crippen LogP contribution in [0.4, 0.5) is 5.00 Å². The molecule has 2 aliphatic rings. The van der Waals surface area contributed by atoms with Gasteiger partial charge in [-0.15, -0.1) is 11.3 Å². The summed E-state index contributed by atoms with van der Waals surface area (Å²) < 4.78 is 14.9. The molecular formula is C27H36N2O7S. The number of rotatable bonds is 7. The summed E-state index contributed by atoms with van der Waals surface area (Å²) >= 11 is 1.48. The number of Topliss-reactive ketones (excluding diaryl/α,β-unsaturated/α-hetero) is 1. The molecule has 37 heavy (non-hydrogen) atoms. The lowest BCUT2D eigenvalue weighted by Gasteiger charge is -2.23. The van der Waals surface area contributed by atoms with E-state index in [2.05, 4.69) is 4.85 Å². The number of carbonyl (C=O) groups excluding carboxylic acids is 4. The fraction of sp³-hybridized carbons (Fsp3) is 0.593. The molecule has 3 rings (SSSR count). The summed E-state index contributed by atoms with van der Waals surface area (Å²) in [6, 6.07) is 0. The Bertz CT molecular complexity index is 1080. The van der Waals surface area contributed by atoms with Crippen LogP contribution in [0, 0.1) is 18.4 Å². The lowest BCUT2D eigenvalue weighted by Crippen LogP contribution is -2.24. The van der Waals surface area contributed by atoms with Gasteiger partial charge in [0.2, 0.25) is 0 Å². The maximum absolute atomic E-state index is 11.8. The van der Waals surface area contributed by atoms with Gasteiger partial charge in [-0.25, -0.2) is 4.85 Å². The van der Waals surface area contributed by atoms with Gasteiger partial charge in [-0.1, -0.05) is 5.57 Å². The fourth-order valence-electron chi connectivity index (χ4n) is 4.66. The molecule has 0 aromatic carbocycles. The predicted molar refractivity (Wildman–Crippen MR) is 140 cm³/mol. The zero-order valence-electron chi connectivity index (χ0n) is 22.0. The van der Waals surface area contributed by atoms with Crippen molar-refractivity contribution in [1.82, 2.24) is 0 Å². The topological polar surface area (TPSA) is 126 Å². The van der Waals surface area contributed by atoms with Gasteiger partial charge < -0.3 is 19.9 Å². The second-order valence-corrected chi connectivity index (χ2v) is 9.96. The van der Waals surface area contributed by atoms with Crippen molar-refractivity contribution in [3.05, 3.63) is 38.7 Å². The Balaban J connectivity index is 0.000000260. The first-order valence-corrected chi connectivity index (χ1v) is 13.5. The van der Waals surface area contributed by atoms with E-state index in [-0.39, 0.29) is 41.9 Å². The molecule has 0 radical (unpaired) electrons. The van der Waals surface area contributed by atoms with Crippen LogP contribution >= 0.6 is 11.3 Å². The first-order chi connectivity index (χ1) is 17.7. The number of anilines is 1. The van der Waals surface area contributed by atoms with Crippen molar-refractivity contribution >= 4 is 40.0 Å². The molecule has 2 unspecified atom stereocenters. The molecule has 2 N–H and O–H groups in total. The van der Waals surface area contributed by atoms with E-state index in [0.717, 1.165) is 41.7 Å². The molecule has 1 fully saturated rings. The van der Waals surface area contributed by atoms with Crippen LogP contribution in [0.25, 0.3) is 4.85 Å². The predicted octanol–water partition coefficient (Wildman–Crippen LogP) is 4.68. The number of allylic oxidation sites excluding steroid dienone is 1. The smallest absolute Gasteiger partial charge is 0.336 e. The number of carbonyl (C=O) groups is 4. The molecule has 1 heterocycles. The lowest BCUT2D eigenvalue weighted by molar-refractivity contribution is -0.149. The molecule has 1 aromatic rings. The SMILES string of the molecule is CCOC(=O)C1CCc2sc(N)c(C(C)=O)c2C1.[C-]#[N+]/C(C(=O)OCC)=C1\CCCC(C(=O)OCC)C1. The summed E-state index contributed by atoms with van der Waals surface area (Å²) in [5, 5.41) is 0.581. The molecule has 0 aliphatic heterocycles. The van der Waals surface area contributed by atoms with Gasteiger partial charge in [-0.3, -0.25) is 19.2 Å². The van der Waals surface area contributed by atoms with Crippen molar-refractivity contribution in [3.8, 4) is 0 Å². The van der Waals surface area contributed by atoms with Gasteiger partial charge in [0.1, 0.15) is 0 Å². The van der Waals surface area contributed by atoms with E-state index in [1.54, 1.807) is 20.8 Å². The Labute approximate surface area is 222 Å². The minimum atomic E-state index is -0.586. The number of hydrogen-bond acceptors (Lipinski definition) is 9. The lowest BCUT2D eigenvalue weighted by atomic mass is 9.84. The monoisotopic (exact) mass is 532 g/mol. The van der Waals surface area contributed by atoms with E-state index in [0.29, 0.717) is 43.0 Å². The number of nitrogens with two attached hydrogens (primary N) is 1. The molecule has 0 bridgehead atoms. The maximum atomic E-state index is 11.8. The number of esters is 3. The largest absolute Gasteiger partial charge is 0.471 e. The zero-order valence-corrected chi connectivity index (χ0v) is 22.8. The van der Waals surface area contributed by atoms with Crippen molar-refractivity contribution < 1.29 is 33.4 Å². The molecule has 1 aromatic heterocycles. The van der Waals surface area contributed by atoms with Crippen molar-refractivity contribution in [2.45, 2.75) is 72.6 Å². The summed E-state index contributed by atoms with van der Waals surface area (Å²) in [6.45, 7) is 14.9. The van der Waals surface area contributed by atoms with Gasteiger partial charge >= 0.3 is 17.9 Å². The van der Waals surface area contributed by atoms with Crippen LogP contribution in [0.15, 0.2) is 11.3 Å². The number of ether oxygens (including phenoxy) is 3. The van der Waals surface area contributed by atoms with E-state index in [4.69, 9.17) is 26.5 Å². The van der Waals surface area contributed by atoms with Crippen LogP contribution in [-0.2, 0) is 41.4 Å². The van der Waals surface area contributed by atoms with Gasteiger partial charge in [0.25, 0.3) is 5.70 Å². The minimum Gasteiger partial charge on any atom is -0.471 e. The maximum Gasteiger partial charge on any atom is 0.336 e. The summed E-state index contributed by atoms with van der Waals surface area (Å²) in [5.74, 6) is -1.39. The summed E-state index contributed by atoms with van der Waals surface area (Å²) in [7, 11) is 0. The van der Waals surface area contributed by atoms with Crippen molar-refractivity contribution in [1.29, 1.82) is 0 Å². The van der Waals surface area contributed by atoms with Gasteiger partial charge in [0.05, 0.1) is 48.8 Å². The highest BCUT2D eigenvalue weighted by Gasteiger charge is 2.31. The first-order valence-electron chi connectivity index (χ1n) is 12.7. The third kappa shape index (κ3) is 7.89. The van der Waals surface area contributed by atoms with Crippen LogP contribution < -0.4 is 5.73 Å². The van der Waals surface area contributed by atoms with Crippen molar-refractivity contribution in [3.63, 3.8) is 0 Å². The van der Waals surface area contributed by atoms with Crippen LogP contribution in [0.2, 0.25) is 0 Å².